The minimum Gasteiger partial charge on any atom is -0.436 e. The van der Waals surface area contributed by atoms with Gasteiger partial charge in [-0.1, -0.05) is 146 Å². The Hall–Kier alpha value is -6.65. The van der Waals surface area contributed by atoms with Crippen LogP contribution in [0.5, 0.6) is 0 Å². The number of rotatable bonds is 6. The Bertz CT molecular complexity index is 2480. The maximum Gasteiger partial charge on any atom is 0.227 e. The van der Waals surface area contributed by atoms with Gasteiger partial charge in [0.25, 0.3) is 0 Å². The summed E-state index contributed by atoms with van der Waals surface area (Å²) in [4.78, 5) is 14.7. The third-order valence-corrected chi connectivity index (χ3v) is 8.96. The standard InChI is InChI=1S/C45H29N3O/c1-3-12-32(13-4-1)40-29-41(47-44(46-40)35-14-5-2-6-15-35)33-21-23-34(24-22-33)43-37-16-8-7-11-30(37)27-28-38(43)31-19-25-36(26-20-31)45-48-39-17-9-10-18-42(39)49-45/h1-29H. The van der Waals surface area contributed by atoms with Gasteiger partial charge < -0.3 is 4.42 Å². The molecule has 0 aliphatic carbocycles. The fourth-order valence-corrected chi connectivity index (χ4v) is 6.49. The topological polar surface area (TPSA) is 51.8 Å². The summed E-state index contributed by atoms with van der Waals surface area (Å²) in [6, 6.07) is 60.6. The number of nitrogens with zero attached hydrogens (tertiary/aromatic N) is 3. The molecule has 0 aliphatic heterocycles. The van der Waals surface area contributed by atoms with E-state index >= 15 is 0 Å². The summed E-state index contributed by atoms with van der Waals surface area (Å²) < 4.78 is 6.04. The van der Waals surface area contributed by atoms with Gasteiger partial charge in [0.1, 0.15) is 5.52 Å². The number of aromatic nitrogens is 3. The molecule has 9 aromatic rings. The second-order valence-corrected chi connectivity index (χ2v) is 12.0. The lowest BCUT2D eigenvalue weighted by molar-refractivity contribution is 0.620. The van der Waals surface area contributed by atoms with Gasteiger partial charge in [0.2, 0.25) is 5.89 Å². The average Bonchev–Trinajstić information content (AvgIpc) is 3.63. The summed E-state index contributed by atoms with van der Waals surface area (Å²) in [5.74, 6) is 1.33. The Morgan fingerprint density at radius 2 is 0.959 bits per heavy atom. The lowest BCUT2D eigenvalue weighted by atomic mass is 9.89. The fraction of sp³-hybridized carbons (Fsp3) is 0. The number of para-hydroxylation sites is 2. The molecule has 0 saturated carbocycles. The van der Waals surface area contributed by atoms with Crippen LogP contribution in [0.3, 0.4) is 0 Å². The van der Waals surface area contributed by atoms with Crippen molar-refractivity contribution >= 4 is 21.9 Å². The molecule has 7 aromatic carbocycles. The van der Waals surface area contributed by atoms with Crippen molar-refractivity contribution in [2.75, 3.05) is 0 Å². The van der Waals surface area contributed by atoms with E-state index in [-0.39, 0.29) is 0 Å². The van der Waals surface area contributed by atoms with Crippen LogP contribution in [0.2, 0.25) is 0 Å². The van der Waals surface area contributed by atoms with Crippen LogP contribution in [0.25, 0.3) is 89.5 Å². The molecule has 4 heteroatoms. The highest BCUT2D eigenvalue weighted by molar-refractivity contribution is 6.04. The van der Waals surface area contributed by atoms with E-state index in [1.807, 2.05) is 60.7 Å². The lowest BCUT2D eigenvalue weighted by Crippen LogP contribution is -1.96. The molecule has 0 bridgehead atoms. The first kappa shape index (κ1) is 28.6. The molecule has 0 radical (unpaired) electrons. The summed E-state index contributed by atoms with van der Waals surface area (Å²) in [5.41, 5.74) is 12.1. The van der Waals surface area contributed by atoms with E-state index in [1.54, 1.807) is 0 Å². The SMILES string of the molecule is c1ccc(-c2cc(-c3ccc(-c4c(-c5ccc(-c6nc7ccccc7o6)cc5)ccc5ccccc45)cc3)nc(-c3ccccc3)n2)cc1. The molecule has 0 fully saturated rings. The van der Waals surface area contributed by atoms with Gasteiger partial charge in [0, 0.05) is 22.3 Å². The van der Waals surface area contributed by atoms with E-state index in [0.29, 0.717) is 11.7 Å². The average molecular weight is 628 g/mol. The maximum absolute atomic E-state index is 6.04. The zero-order valence-electron chi connectivity index (χ0n) is 26.5. The molecule has 4 nitrogen and oxygen atoms in total. The van der Waals surface area contributed by atoms with Gasteiger partial charge in [-0.2, -0.15) is 0 Å². The molecule has 0 aliphatic rings. The lowest BCUT2D eigenvalue weighted by Gasteiger charge is -2.15. The number of oxazole rings is 1. The Morgan fingerprint density at radius 3 is 1.69 bits per heavy atom. The monoisotopic (exact) mass is 627 g/mol. The molecule has 0 saturated heterocycles. The first-order valence-electron chi connectivity index (χ1n) is 16.4. The van der Waals surface area contributed by atoms with Gasteiger partial charge in [0.15, 0.2) is 11.4 Å². The van der Waals surface area contributed by atoms with Crippen molar-refractivity contribution in [3.05, 3.63) is 176 Å². The number of hydrogen-bond donors (Lipinski definition) is 0. The smallest absolute Gasteiger partial charge is 0.227 e. The van der Waals surface area contributed by atoms with Crippen molar-refractivity contribution in [3.8, 4) is 67.6 Å². The van der Waals surface area contributed by atoms with Gasteiger partial charge in [-0.15, -0.1) is 0 Å². The highest BCUT2D eigenvalue weighted by Crippen LogP contribution is 2.40. The molecule has 2 heterocycles. The number of benzene rings is 7. The predicted molar refractivity (Wildman–Crippen MR) is 200 cm³/mol. The molecule has 49 heavy (non-hydrogen) atoms. The first-order valence-corrected chi connectivity index (χ1v) is 16.4. The second-order valence-electron chi connectivity index (χ2n) is 12.0. The molecule has 9 rings (SSSR count). The third-order valence-electron chi connectivity index (χ3n) is 8.96. The van der Waals surface area contributed by atoms with Crippen LogP contribution in [0.4, 0.5) is 0 Å². The fourth-order valence-electron chi connectivity index (χ4n) is 6.49. The third kappa shape index (κ3) is 5.45. The van der Waals surface area contributed by atoms with Crippen molar-refractivity contribution in [1.82, 2.24) is 15.0 Å². The summed E-state index contributed by atoms with van der Waals surface area (Å²) >= 11 is 0. The summed E-state index contributed by atoms with van der Waals surface area (Å²) in [5, 5.41) is 2.40. The first-order chi connectivity index (χ1) is 24.3. The summed E-state index contributed by atoms with van der Waals surface area (Å²) in [6.45, 7) is 0. The van der Waals surface area contributed by atoms with E-state index in [0.717, 1.165) is 61.4 Å². The largest absolute Gasteiger partial charge is 0.436 e. The van der Waals surface area contributed by atoms with Crippen molar-refractivity contribution in [3.63, 3.8) is 0 Å². The van der Waals surface area contributed by atoms with Crippen LogP contribution in [-0.2, 0) is 0 Å². The molecule has 0 atom stereocenters. The minimum atomic E-state index is 0.623. The van der Waals surface area contributed by atoms with E-state index in [1.165, 1.54) is 16.3 Å². The Morgan fingerprint density at radius 1 is 0.388 bits per heavy atom. The molecule has 0 amide bonds. The molecule has 0 N–H and O–H groups in total. The van der Waals surface area contributed by atoms with E-state index < -0.39 is 0 Å². The zero-order chi connectivity index (χ0) is 32.6. The molecule has 0 unspecified atom stereocenters. The Labute approximate surface area is 284 Å². The molecule has 2 aromatic heterocycles. The molecular weight excluding hydrogens is 599 g/mol. The van der Waals surface area contributed by atoms with Crippen LogP contribution in [0, 0.1) is 0 Å². The van der Waals surface area contributed by atoms with Gasteiger partial charge in [0.05, 0.1) is 11.4 Å². The normalized spacial score (nSPS) is 11.3. The summed E-state index contributed by atoms with van der Waals surface area (Å²) in [7, 11) is 0. The highest BCUT2D eigenvalue weighted by Gasteiger charge is 2.15. The van der Waals surface area contributed by atoms with Gasteiger partial charge in [-0.3, -0.25) is 0 Å². The number of hydrogen-bond acceptors (Lipinski definition) is 4. The van der Waals surface area contributed by atoms with Crippen molar-refractivity contribution in [1.29, 1.82) is 0 Å². The van der Waals surface area contributed by atoms with Crippen molar-refractivity contribution < 1.29 is 4.42 Å². The van der Waals surface area contributed by atoms with Crippen LogP contribution in [0.15, 0.2) is 180 Å². The second kappa shape index (κ2) is 12.2. The van der Waals surface area contributed by atoms with E-state index in [4.69, 9.17) is 19.4 Å². The van der Waals surface area contributed by atoms with Gasteiger partial charge in [-0.25, -0.2) is 15.0 Å². The minimum absolute atomic E-state index is 0.623. The van der Waals surface area contributed by atoms with E-state index in [2.05, 4.69) is 115 Å². The van der Waals surface area contributed by atoms with Gasteiger partial charge >= 0.3 is 0 Å². The highest BCUT2D eigenvalue weighted by atomic mass is 16.3. The Balaban J connectivity index is 1.12. The molecule has 0 spiro atoms. The maximum atomic E-state index is 6.04. The van der Waals surface area contributed by atoms with Crippen molar-refractivity contribution in [2.24, 2.45) is 0 Å². The number of fused-ring (bicyclic) bond motifs is 2. The Kier molecular flexibility index (Phi) is 7.10. The molecule has 230 valence electrons. The zero-order valence-corrected chi connectivity index (χ0v) is 26.5. The van der Waals surface area contributed by atoms with Crippen LogP contribution in [-0.4, -0.2) is 15.0 Å². The van der Waals surface area contributed by atoms with Crippen molar-refractivity contribution in [2.45, 2.75) is 0 Å². The van der Waals surface area contributed by atoms with Gasteiger partial charge in [-0.05, 0) is 63.4 Å². The summed E-state index contributed by atoms with van der Waals surface area (Å²) in [6.07, 6.45) is 0. The van der Waals surface area contributed by atoms with Crippen LogP contribution >= 0.6 is 0 Å². The predicted octanol–water partition coefficient (Wildman–Crippen LogP) is 11.8. The van der Waals surface area contributed by atoms with E-state index in [9.17, 15) is 0 Å². The quantitative estimate of drug-likeness (QED) is 0.184. The molecular formula is C45H29N3O. The van der Waals surface area contributed by atoms with Crippen LogP contribution < -0.4 is 0 Å². The van der Waals surface area contributed by atoms with Crippen LogP contribution in [0.1, 0.15) is 0 Å².